The van der Waals surface area contributed by atoms with Gasteiger partial charge >= 0.3 is 0 Å². The molecule has 0 aliphatic carbocycles. The van der Waals surface area contributed by atoms with Crippen LogP contribution < -0.4 is 32.7 Å². The number of rotatable bonds is 8. The molecular formula is C36H48N8O8. The zero-order valence-corrected chi connectivity index (χ0v) is 29.2. The predicted molar refractivity (Wildman–Crippen MR) is 189 cm³/mol. The molecule has 0 saturated carbocycles. The Hall–Kier alpha value is -5.51. The van der Waals surface area contributed by atoms with E-state index in [0.717, 1.165) is 4.90 Å². The Morgan fingerprint density at radius 2 is 1.63 bits per heavy atom. The van der Waals surface area contributed by atoms with Crippen molar-refractivity contribution in [3.63, 3.8) is 0 Å². The van der Waals surface area contributed by atoms with E-state index in [-0.39, 0.29) is 38.1 Å². The van der Waals surface area contributed by atoms with Crippen LogP contribution in [0.15, 0.2) is 54.6 Å². The Labute approximate surface area is 302 Å². The number of carbonyl (C=O) groups excluding carboxylic acids is 7. The van der Waals surface area contributed by atoms with Crippen LogP contribution in [0, 0.1) is 0 Å². The molecule has 16 heteroatoms. The molecule has 16 nitrogen and oxygen atoms in total. The summed E-state index contributed by atoms with van der Waals surface area (Å²) < 4.78 is 0. The fraction of sp³-hybridized carbons (Fsp3) is 0.472. The van der Waals surface area contributed by atoms with Crippen molar-refractivity contribution in [3.8, 4) is 5.75 Å². The van der Waals surface area contributed by atoms with Crippen molar-refractivity contribution in [2.24, 2.45) is 11.5 Å². The first-order valence-corrected chi connectivity index (χ1v) is 17.4. The van der Waals surface area contributed by atoms with Crippen LogP contribution >= 0.6 is 0 Å². The number of hydrogen-bond acceptors (Lipinski definition) is 9. The molecule has 280 valence electrons. The smallest absolute Gasteiger partial charge is 0.246 e. The minimum absolute atomic E-state index is 0.0222. The van der Waals surface area contributed by atoms with Gasteiger partial charge in [0.2, 0.25) is 41.4 Å². The third kappa shape index (κ3) is 11.2. The highest BCUT2D eigenvalue weighted by Gasteiger charge is 2.38. The Morgan fingerprint density at radius 3 is 2.33 bits per heavy atom. The van der Waals surface area contributed by atoms with Crippen LogP contribution in [-0.2, 0) is 46.4 Å². The second-order valence-electron chi connectivity index (χ2n) is 13.2. The van der Waals surface area contributed by atoms with E-state index < -0.39 is 84.5 Å². The fourth-order valence-corrected chi connectivity index (χ4v) is 6.33. The molecule has 9 N–H and O–H groups in total. The first-order valence-electron chi connectivity index (χ1n) is 17.4. The van der Waals surface area contributed by atoms with Gasteiger partial charge in [-0.15, -0.1) is 0 Å². The summed E-state index contributed by atoms with van der Waals surface area (Å²) in [5.41, 5.74) is 13.1. The molecule has 2 aliphatic rings. The number of primary amides is 1. The molecule has 7 amide bonds. The highest BCUT2D eigenvalue weighted by atomic mass is 16.3. The van der Waals surface area contributed by atoms with Gasteiger partial charge in [-0.3, -0.25) is 33.6 Å². The van der Waals surface area contributed by atoms with Crippen molar-refractivity contribution in [1.82, 2.24) is 31.1 Å². The molecule has 0 radical (unpaired) electrons. The van der Waals surface area contributed by atoms with Crippen LogP contribution in [0.1, 0.15) is 49.7 Å². The fourth-order valence-electron chi connectivity index (χ4n) is 6.33. The van der Waals surface area contributed by atoms with E-state index in [9.17, 15) is 38.7 Å². The van der Waals surface area contributed by atoms with E-state index in [1.807, 2.05) is 0 Å². The minimum atomic E-state index is -1.35. The zero-order valence-electron chi connectivity index (χ0n) is 29.2. The van der Waals surface area contributed by atoms with Gasteiger partial charge in [-0.05, 0) is 61.8 Å². The summed E-state index contributed by atoms with van der Waals surface area (Å²) in [6.45, 7) is -0.0623. The Bertz CT molecular complexity index is 1600. The van der Waals surface area contributed by atoms with E-state index >= 15 is 0 Å². The summed E-state index contributed by atoms with van der Waals surface area (Å²) in [6.07, 6.45) is 1.57. The van der Waals surface area contributed by atoms with Gasteiger partial charge in [0, 0.05) is 26.6 Å². The summed E-state index contributed by atoms with van der Waals surface area (Å²) in [5, 5.41) is 20.3. The van der Waals surface area contributed by atoms with Gasteiger partial charge in [-0.25, -0.2) is 0 Å². The largest absolute Gasteiger partial charge is 0.508 e. The predicted octanol–water partition coefficient (Wildman–Crippen LogP) is -1.42. The molecule has 2 aliphatic heterocycles. The second kappa shape index (κ2) is 18.6. The number of aromatic hydroxyl groups is 1. The summed E-state index contributed by atoms with van der Waals surface area (Å²) in [4.78, 5) is 95.3. The highest BCUT2D eigenvalue weighted by molar-refractivity contribution is 5.97. The Kier molecular flexibility index (Phi) is 14.1. The maximum atomic E-state index is 13.8. The molecule has 0 spiro atoms. The summed E-state index contributed by atoms with van der Waals surface area (Å²) in [5.74, 6) is -4.37. The normalized spacial score (nSPS) is 23.1. The van der Waals surface area contributed by atoms with Crippen molar-refractivity contribution in [1.29, 1.82) is 0 Å². The van der Waals surface area contributed by atoms with Crippen molar-refractivity contribution < 1.29 is 38.7 Å². The molecule has 2 heterocycles. The number of amides is 7. The number of phenols is 1. The van der Waals surface area contributed by atoms with E-state index in [0.29, 0.717) is 36.8 Å². The van der Waals surface area contributed by atoms with E-state index in [1.165, 1.54) is 24.1 Å². The van der Waals surface area contributed by atoms with E-state index in [4.69, 9.17) is 11.5 Å². The van der Waals surface area contributed by atoms with Gasteiger partial charge in [-0.1, -0.05) is 42.5 Å². The summed E-state index contributed by atoms with van der Waals surface area (Å²) >= 11 is 0. The lowest BCUT2D eigenvalue weighted by atomic mass is 10.0. The van der Waals surface area contributed by atoms with Gasteiger partial charge in [0.25, 0.3) is 0 Å². The standard InChI is InChI=1S/C36H48N8O8/c1-43-21-31(47)40-27(19-22-8-3-2-4-9-22)34(50)42-28(36(52)44-17-7-11-29(44)32(38)48)20-30(46)39-16-6-5-10-26(35(43)51)41-33(49)25(37)18-23-12-14-24(45)15-13-23/h2-4,8-9,12-15,25-29,45H,5-7,10-11,16-21,37H2,1H3,(H2,38,48)(H,39,46)(H,40,47)(H,41,49)(H,42,50)/t25-,26+,27-,28+,29-/m0/s1. The van der Waals surface area contributed by atoms with E-state index in [2.05, 4.69) is 21.3 Å². The van der Waals surface area contributed by atoms with Crippen molar-refractivity contribution >= 4 is 41.4 Å². The summed E-state index contributed by atoms with van der Waals surface area (Å²) in [6, 6.07) is 9.55. The van der Waals surface area contributed by atoms with Gasteiger partial charge in [-0.2, -0.15) is 0 Å². The summed E-state index contributed by atoms with van der Waals surface area (Å²) in [7, 11) is 1.40. The molecule has 2 aromatic carbocycles. The number of likely N-dealkylation sites (N-methyl/N-ethyl adjacent to an activating group) is 1. The topological polar surface area (TPSA) is 246 Å². The number of nitrogens with two attached hydrogens (primary N) is 2. The number of hydrogen-bond donors (Lipinski definition) is 7. The van der Waals surface area contributed by atoms with Crippen LogP contribution in [0.3, 0.4) is 0 Å². The monoisotopic (exact) mass is 720 g/mol. The third-order valence-electron chi connectivity index (χ3n) is 9.14. The first-order chi connectivity index (χ1) is 24.8. The number of likely N-dealkylation sites (tertiary alicyclic amines) is 1. The number of benzene rings is 2. The van der Waals surface area contributed by atoms with Crippen LogP contribution in [0.4, 0.5) is 0 Å². The van der Waals surface area contributed by atoms with Crippen LogP contribution in [0.2, 0.25) is 0 Å². The third-order valence-corrected chi connectivity index (χ3v) is 9.14. The minimum Gasteiger partial charge on any atom is -0.508 e. The molecule has 0 aromatic heterocycles. The number of phenolic OH excluding ortho intramolecular Hbond substituents is 1. The Balaban J connectivity index is 1.55. The molecule has 0 bridgehead atoms. The quantitative estimate of drug-likeness (QED) is 0.169. The molecule has 4 rings (SSSR count). The van der Waals surface area contributed by atoms with Gasteiger partial charge in [0.05, 0.1) is 19.0 Å². The zero-order chi connectivity index (χ0) is 37.8. The van der Waals surface area contributed by atoms with Gasteiger partial charge in [0.15, 0.2) is 0 Å². The first kappa shape index (κ1) is 39.3. The number of carbonyl (C=O) groups is 7. The van der Waals surface area contributed by atoms with Crippen LogP contribution in [0.5, 0.6) is 5.75 Å². The second-order valence-corrected chi connectivity index (χ2v) is 13.2. The van der Waals surface area contributed by atoms with Crippen molar-refractivity contribution in [2.45, 2.75) is 81.6 Å². The SMILES string of the molecule is CN1CC(=O)N[C@@H](Cc2ccccc2)C(=O)N[C@@H](C(=O)N2CCC[C@H]2C(N)=O)CC(=O)NCCCC[C@@H](NC(=O)[C@@H](N)Cc2ccc(O)cc2)C1=O. The molecule has 5 atom stereocenters. The van der Waals surface area contributed by atoms with Gasteiger partial charge < -0.3 is 47.6 Å². The van der Waals surface area contributed by atoms with E-state index in [1.54, 1.807) is 42.5 Å². The lowest BCUT2D eigenvalue weighted by molar-refractivity contribution is -0.142. The van der Waals surface area contributed by atoms with Crippen molar-refractivity contribution in [3.05, 3.63) is 65.7 Å². The highest BCUT2D eigenvalue weighted by Crippen LogP contribution is 2.19. The molecule has 52 heavy (non-hydrogen) atoms. The average Bonchev–Trinajstić information content (AvgIpc) is 3.61. The lowest BCUT2D eigenvalue weighted by Gasteiger charge is -2.29. The molecule has 2 saturated heterocycles. The molecular weight excluding hydrogens is 672 g/mol. The number of nitrogens with zero attached hydrogens (tertiary/aromatic N) is 2. The van der Waals surface area contributed by atoms with Crippen molar-refractivity contribution in [2.75, 3.05) is 26.7 Å². The molecule has 2 fully saturated rings. The van der Waals surface area contributed by atoms with Crippen LogP contribution in [0.25, 0.3) is 0 Å². The van der Waals surface area contributed by atoms with Gasteiger partial charge in [0.1, 0.15) is 29.9 Å². The Morgan fingerprint density at radius 1 is 0.923 bits per heavy atom. The lowest BCUT2D eigenvalue weighted by Crippen LogP contribution is -2.58. The average molecular weight is 721 g/mol. The molecule has 0 unspecified atom stereocenters. The maximum absolute atomic E-state index is 13.8. The molecule has 2 aromatic rings. The maximum Gasteiger partial charge on any atom is 0.246 e. The van der Waals surface area contributed by atoms with Crippen LogP contribution in [-0.4, -0.2) is 113 Å². The number of nitrogens with one attached hydrogen (secondary N) is 4.